The van der Waals surface area contributed by atoms with E-state index in [2.05, 4.69) is 9.97 Å². The van der Waals surface area contributed by atoms with E-state index >= 15 is 0 Å². The molecule has 0 aliphatic rings. The molecule has 1 aromatic carbocycles. The van der Waals surface area contributed by atoms with Crippen LogP contribution in [-0.2, 0) is 0 Å². The molecule has 0 unspecified atom stereocenters. The van der Waals surface area contributed by atoms with Gasteiger partial charge in [-0.2, -0.15) is 0 Å². The van der Waals surface area contributed by atoms with Gasteiger partial charge >= 0.3 is 0 Å². The Balaban J connectivity index is 2.65. The minimum absolute atomic E-state index is 0.247. The van der Waals surface area contributed by atoms with Crippen LogP contribution in [0.1, 0.15) is 11.3 Å². The van der Waals surface area contributed by atoms with Crippen LogP contribution in [0.5, 0.6) is 11.5 Å². The first-order valence-corrected chi connectivity index (χ1v) is 5.89. The van der Waals surface area contributed by atoms with Crippen molar-refractivity contribution in [1.29, 1.82) is 0 Å². The number of nitrogens with zero attached hydrogens (tertiary/aromatic N) is 2. The van der Waals surface area contributed by atoms with Gasteiger partial charge in [0, 0.05) is 11.3 Å². The summed E-state index contributed by atoms with van der Waals surface area (Å²) in [5, 5.41) is 0. The zero-order valence-corrected chi connectivity index (χ0v) is 11.5. The van der Waals surface area contributed by atoms with E-state index < -0.39 is 0 Å². The molecule has 2 N–H and O–H groups in total. The average Bonchev–Trinajstić information content (AvgIpc) is 2.37. The summed E-state index contributed by atoms with van der Waals surface area (Å²) in [5.41, 5.74) is 9.06. The minimum atomic E-state index is 0.247. The maximum absolute atomic E-state index is 5.69. The third-order valence-corrected chi connectivity index (χ3v) is 2.86. The molecular formula is C14H17N3O2. The number of ether oxygens (including phenoxy) is 2. The Morgan fingerprint density at radius 1 is 0.947 bits per heavy atom. The summed E-state index contributed by atoms with van der Waals surface area (Å²) in [7, 11) is 3.26. The second-order valence-corrected chi connectivity index (χ2v) is 4.27. The number of nitrogen functional groups attached to an aromatic ring is 1. The summed E-state index contributed by atoms with van der Waals surface area (Å²) in [6.07, 6.45) is 0. The lowest BCUT2D eigenvalue weighted by Crippen LogP contribution is -2.00. The molecule has 0 amide bonds. The Bertz CT molecular complexity index is 592. The quantitative estimate of drug-likeness (QED) is 0.916. The van der Waals surface area contributed by atoms with Gasteiger partial charge in [0.25, 0.3) is 0 Å². The van der Waals surface area contributed by atoms with E-state index in [1.54, 1.807) is 14.2 Å². The van der Waals surface area contributed by atoms with Gasteiger partial charge < -0.3 is 15.2 Å². The number of hydrogen-bond acceptors (Lipinski definition) is 5. The predicted octanol–water partition coefficient (Wildman–Crippen LogP) is 2.36. The molecule has 0 atom stereocenters. The topological polar surface area (TPSA) is 70.3 Å². The SMILES string of the molecule is COc1cc(-c2cc(C)nc(N)n2)c(OC)cc1C. The molecule has 5 nitrogen and oxygen atoms in total. The summed E-state index contributed by atoms with van der Waals surface area (Å²) in [6.45, 7) is 3.84. The van der Waals surface area contributed by atoms with Gasteiger partial charge in [-0.3, -0.25) is 0 Å². The van der Waals surface area contributed by atoms with Gasteiger partial charge in [-0.1, -0.05) is 0 Å². The van der Waals surface area contributed by atoms with E-state index in [1.807, 2.05) is 32.0 Å². The van der Waals surface area contributed by atoms with Gasteiger partial charge in [-0.15, -0.1) is 0 Å². The van der Waals surface area contributed by atoms with Crippen molar-refractivity contribution in [3.05, 3.63) is 29.5 Å². The van der Waals surface area contributed by atoms with Gasteiger partial charge in [0.1, 0.15) is 11.5 Å². The lowest BCUT2D eigenvalue weighted by atomic mass is 10.1. The smallest absolute Gasteiger partial charge is 0.220 e. The number of aromatic nitrogens is 2. The summed E-state index contributed by atoms with van der Waals surface area (Å²) in [5.74, 6) is 1.76. The number of nitrogens with two attached hydrogens (primary N) is 1. The summed E-state index contributed by atoms with van der Waals surface area (Å²) in [4.78, 5) is 8.32. The molecule has 0 saturated carbocycles. The summed E-state index contributed by atoms with van der Waals surface area (Å²) < 4.78 is 10.7. The van der Waals surface area contributed by atoms with E-state index in [1.165, 1.54) is 0 Å². The molecule has 0 spiro atoms. The Morgan fingerprint density at radius 3 is 2.21 bits per heavy atom. The highest BCUT2D eigenvalue weighted by atomic mass is 16.5. The van der Waals surface area contributed by atoms with Gasteiger partial charge in [0.15, 0.2) is 0 Å². The predicted molar refractivity (Wildman–Crippen MR) is 74.5 cm³/mol. The van der Waals surface area contributed by atoms with Crippen LogP contribution in [0.2, 0.25) is 0 Å². The highest BCUT2D eigenvalue weighted by Gasteiger charge is 2.12. The van der Waals surface area contributed by atoms with Crippen LogP contribution in [0, 0.1) is 13.8 Å². The third kappa shape index (κ3) is 2.59. The van der Waals surface area contributed by atoms with Crippen LogP contribution >= 0.6 is 0 Å². The van der Waals surface area contributed by atoms with E-state index in [0.29, 0.717) is 0 Å². The normalized spacial score (nSPS) is 10.3. The fraction of sp³-hybridized carbons (Fsp3) is 0.286. The second kappa shape index (κ2) is 5.14. The zero-order valence-electron chi connectivity index (χ0n) is 11.5. The lowest BCUT2D eigenvalue weighted by Gasteiger charge is -2.13. The molecule has 0 saturated heterocycles. The molecule has 0 radical (unpaired) electrons. The number of rotatable bonds is 3. The number of methoxy groups -OCH3 is 2. The monoisotopic (exact) mass is 259 g/mol. The largest absolute Gasteiger partial charge is 0.496 e. The lowest BCUT2D eigenvalue weighted by molar-refractivity contribution is 0.401. The summed E-state index contributed by atoms with van der Waals surface area (Å²) in [6, 6.07) is 5.68. The summed E-state index contributed by atoms with van der Waals surface area (Å²) >= 11 is 0. The van der Waals surface area contributed by atoms with E-state index in [0.717, 1.165) is 34.0 Å². The molecule has 1 aromatic heterocycles. The number of hydrogen-bond donors (Lipinski definition) is 1. The molecule has 0 aliphatic carbocycles. The van der Waals surface area contributed by atoms with Crippen LogP contribution in [0.3, 0.4) is 0 Å². The fourth-order valence-corrected chi connectivity index (χ4v) is 1.98. The molecular weight excluding hydrogens is 242 g/mol. The molecule has 5 heteroatoms. The molecule has 0 aliphatic heterocycles. The Morgan fingerprint density at radius 2 is 1.63 bits per heavy atom. The molecule has 100 valence electrons. The Labute approximate surface area is 112 Å². The van der Waals surface area contributed by atoms with Crippen molar-refractivity contribution in [2.75, 3.05) is 20.0 Å². The van der Waals surface area contributed by atoms with Crippen molar-refractivity contribution < 1.29 is 9.47 Å². The van der Waals surface area contributed by atoms with Crippen LogP contribution in [0.15, 0.2) is 18.2 Å². The van der Waals surface area contributed by atoms with Crippen molar-refractivity contribution in [2.45, 2.75) is 13.8 Å². The van der Waals surface area contributed by atoms with Crippen molar-refractivity contribution >= 4 is 5.95 Å². The van der Waals surface area contributed by atoms with Crippen molar-refractivity contribution in [1.82, 2.24) is 9.97 Å². The van der Waals surface area contributed by atoms with Gasteiger partial charge in [0.05, 0.1) is 19.9 Å². The Kier molecular flexibility index (Phi) is 3.55. The Hall–Kier alpha value is -2.30. The van der Waals surface area contributed by atoms with Crippen LogP contribution in [0.4, 0.5) is 5.95 Å². The molecule has 2 aromatic rings. The fourth-order valence-electron chi connectivity index (χ4n) is 1.98. The second-order valence-electron chi connectivity index (χ2n) is 4.27. The average molecular weight is 259 g/mol. The highest BCUT2D eigenvalue weighted by Crippen LogP contribution is 2.35. The van der Waals surface area contributed by atoms with Gasteiger partial charge in [-0.25, -0.2) is 9.97 Å². The van der Waals surface area contributed by atoms with Crippen LogP contribution < -0.4 is 15.2 Å². The minimum Gasteiger partial charge on any atom is -0.496 e. The van der Waals surface area contributed by atoms with Gasteiger partial charge in [0.2, 0.25) is 5.95 Å². The number of benzene rings is 1. The van der Waals surface area contributed by atoms with Crippen LogP contribution in [0.25, 0.3) is 11.3 Å². The van der Waals surface area contributed by atoms with Crippen LogP contribution in [-0.4, -0.2) is 24.2 Å². The molecule has 1 heterocycles. The molecule has 0 bridgehead atoms. The van der Waals surface area contributed by atoms with E-state index in [9.17, 15) is 0 Å². The first-order chi connectivity index (χ1) is 9.05. The van der Waals surface area contributed by atoms with E-state index in [4.69, 9.17) is 15.2 Å². The van der Waals surface area contributed by atoms with Crippen molar-refractivity contribution in [3.8, 4) is 22.8 Å². The zero-order chi connectivity index (χ0) is 14.0. The first kappa shape index (κ1) is 13.1. The first-order valence-electron chi connectivity index (χ1n) is 5.89. The number of anilines is 1. The molecule has 0 fully saturated rings. The number of aryl methyl sites for hydroxylation is 2. The third-order valence-electron chi connectivity index (χ3n) is 2.86. The van der Waals surface area contributed by atoms with Crippen molar-refractivity contribution in [2.24, 2.45) is 0 Å². The standard InChI is InChI=1S/C14H17N3O2/c1-8-5-13(19-4)10(7-12(8)18-3)11-6-9(2)16-14(15)17-11/h5-7H,1-4H3,(H2,15,16,17). The van der Waals surface area contributed by atoms with Gasteiger partial charge in [-0.05, 0) is 37.6 Å². The van der Waals surface area contributed by atoms with Crippen molar-refractivity contribution in [3.63, 3.8) is 0 Å². The highest BCUT2D eigenvalue weighted by molar-refractivity contribution is 5.71. The molecule has 19 heavy (non-hydrogen) atoms. The van der Waals surface area contributed by atoms with E-state index in [-0.39, 0.29) is 5.95 Å². The molecule has 2 rings (SSSR count). The maximum atomic E-state index is 5.69. The maximum Gasteiger partial charge on any atom is 0.220 e.